The van der Waals surface area contributed by atoms with E-state index in [1.54, 1.807) is 0 Å². The minimum atomic E-state index is -3.88. The number of sulfonamides is 1. The van der Waals surface area contributed by atoms with Crippen LogP contribution < -0.4 is 15.1 Å². The fourth-order valence-electron chi connectivity index (χ4n) is 1.80. The van der Waals surface area contributed by atoms with Gasteiger partial charge in [0.05, 0.1) is 15.1 Å². The maximum absolute atomic E-state index is 12.1. The van der Waals surface area contributed by atoms with Crippen LogP contribution >= 0.6 is 11.3 Å². The highest BCUT2D eigenvalue weighted by atomic mass is 32.2. The summed E-state index contributed by atoms with van der Waals surface area (Å²) >= 11 is 0.924. The van der Waals surface area contributed by atoms with Crippen molar-refractivity contribution in [2.24, 2.45) is 5.41 Å². The number of hydrazine groups is 1. The fourth-order valence-corrected chi connectivity index (χ4v) is 3.54. The van der Waals surface area contributed by atoms with Crippen LogP contribution in [-0.2, 0) is 14.8 Å². The molecule has 7 nitrogen and oxygen atoms in total. The Hall–Kier alpha value is -1.71. The van der Waals surface area contributed by atoms with E-state index >= 15 is 0 Å². The molecular formula is C13H17N3O4S2. The van der Waals surface area contributed by atoms with Crippen molar-refractivity contribution >= 4 is 37.5 Å². The van der Waals surface area contributed by atoms with E-state index in [0.29, 0.717) is 10.2 Å². The van der Waals surface area contributed by atoms with E-state index in [0.717, 1.165) is 11.3 Å². The van der Waals surface area contributed by atoms with Crippen molar-refractivity contribution in [3.05, 3.63) is 27.9 Å². The maximum Gasteiger partial charge on any atom is 0.305 e. The number of hydrogen-bond donors (Lipinski definition) is 3. The Labute approximate surface area is 131 Å². The second-order valence-electron chi connectivity index (χ2n) is 6.06. The van der Waals surface area contributed by atoms with Crippen molar-refractivity contribution in [1.29, 1.82) is 0 Å². The van der Waals surface area contributed by atoms with E-state index in [9.17, 15) is 18.0 Å². The highest BCUT2D eigenvalue weighted by Crippen LogP contribution is 2.20. The molecule has 120 valence electrons. The first-order valence-corrected chi connectivity index (χ1v) is 8.80. The predicted octanol–water partition coefficient (Wildman–Crippen LogP) is 1.34. The molecule has 1 aromatic carbocycles. The number of aromatic amines is 1. The Morgan fingerprint density at radius 2 is 2.00 bits per heavy atom. The van der Waals surface area contributed by atoms with Gasteiger partial charge in [0.25, 0.3) is 10.0 Å². The summed E-state index contributed by atoms with van der Waals surface area (Å²) in [6, 6.07) is 4.26. The third-order valence-corrected chi connectivity index (χ3v) is 4.81. The molecule has 0 saturated carbocycles. The summed E-state index contributed by atoms with van der Waals surface area (Å²) in [5.41, 5.74) is 2.52. The lowest BCUT2D eigenvalue weighted by Gasteiger charge is -2.17. The first-order valence-electron chi connectivity index (χ1n) is 6.50. The van der Waals surface area contributed by atoms with Gasteiger partial charge in [0, 0.05) is 6.42 Å². The SMILES string of the molecule is CC(C)(C)CC(=O)NNS(=O)(=O)c1ccc2[nH]c(=O)sc2c1. The van der Waals surface area contributed by atoms with Gasteiger partial charge in [-0.1, -0.05) is 32.1 Å². The Kier molecular flexibility index (Phi) is 4.41. The van der Waals surface area contributed by atoms with E-state index in [-0.39, 0.29) is 21.6 Å². The number of thiazole rings is 1. The van der Waals surface area contributed by atoms with Crippen LogP contribution in [0.1, 0.15) is 27.2 Å². The van der Waals surface area contributed by atoms with E-state index in [4.69, 9.17) is 0 Å². The number of aromatic nitrogens is 1. The summed E-state index contributed by atoms with van der Waals surface area (Å²) in [7, 11) is -3.88. The number of rotatable bonds is 4. The summed E-state index contributed by atoms with van der Waals surface area (Å²) in [5.74, 6) is -0.413. The minimum Gasteiger partial charge on any atom is -0.312 e. The van der Waals surface area contributed by atoms with Crippen LogP contribution in [0.2, 0.25) is 0 Å². The second-order valence-corrected chi connectivity index (χ2v) is 8.76. The molecule has 0 aliphatic carbocycles. The van der Waals surface area contributed by atoms with Crippen molar-refractivity contribution in [3.63, 3.8) is 0 Å². The van der Waals surface area contributed by atoms with Crippen LogP contribution in [0.5, 0.6) is 0 Å². The van der Waals surface area contributed by atoms with Crippen LogP contribution in [0.4, 0.5) is 0 Å². The van der Waals surface area contributed by atoms with Crippen LogP contribution in [-0.4, -0.2) is 19.3 Å². The van der Waals surface area contributed by atoms with Crippen molar-refractivity contribution < 1.29 is 13.2 Å². The van der Waals surface area contributed by atoms with Gasteiger partial charge in [0.2, 0.25) is 5.91 Å². The molecule has 0 radical (unpaired) electrons. The number of benzene rings is 1. The van der Waals surface area contributed by atoms with Gasteiger partial charge in [-0.25, -0.2) is 8.42 Å². The van der Waals surface area contributed by atoms with Gasteiger partial charge in [0.15, 0.2) is 0 Å². The van der Waals surface area contributed by atoms with Gasteiger partial charge in [-0.15, -0.1) is 4.83 Å². The van der Waals surface area contributed by atoms with Gasteiger partial charge in [-0.2, -0.15) is 0 Å². The number of carbonyl (C=O) groups is 1. The van der Waals surface area contributed by atoms with Crippen molar-refractivity contribution in [3.8, 4) is 0 Å². The van der Waals surface area contributed by atoms with E-state index in [1.165, 1.54) is 18.2 Å². The van der Waals surface area contributed by atoms with Crippen molar-refractivity contribution in [1.82, 2.24) is 15.2 Å². The molecule has 0 fully saturated rings. The number of fused-ring (bicyclic) bond motifs is 1. The Bertz CT molecular complexity index is 859. The molecule has 0 spiro atoms. The molecule has 0 saturated heterocycles. The number of nitrogens with one attached hydrogen (secondary N) is 3. The third-order valence-electron chi connectivity index (χ3n) is 2.72. The van der Waals surface area contributed by atoms with Crippen molar-refractivity contribution in [2.45, 2.75) is 32.1 Å². The van der Waals surface area contributed by atoms with Crippen molar-refractivity contribution in [2.75, 3.05) is 0 Å². The minimum absolute atomic E-state index is 0.0219. The van der Waals surface area contributed by atoms with Crippen LogP contribution in [0, 0.1) is 5.41 Å². The van der Waals surface area contributed by atoms with Crippen LogP contribution in [0.3, 0.4) is 0 Å². The van der Waals surface area contributed by atoms with E-state index in [1.807, 2.05) is 20.8 Å². The standard InChI is InChI=1S/C13H17N3O4S2/c1-13(2,3)7-11(17)15-16-22(19,20)8-4-5-9-10(6-8)21-12(18)14-9/h4-6,16H,7H2,1-3H3,(H,14,18)(H,15,17). The lowest BCUT2D eigenvalue weighted by molar-refractivity contribution is -0.123. The molecule has 9 heteroatoms. The quantitative estimate of drug-likeness (QED) is 0.728. The fraction of sp³-hybridized carbons (Fsp3) is 0.385. The zero-order valence-electron chi connectivity index (χ0n) is 12.4. The second kappa shape index (κ2) is 5.82. The van der Waals surface area contributed by atoms with Gasteiger partial charge in [-0.3, -0.25) is 15.0 Å². The summed E-state index contributed by atoms with van der Waals surface area (Å²) in [6.07, 6.45) is 0.188. The Morgan fingerprint density at radius 3 is 2.64 bits per heavy atom. The van der Waals surface area contributed by atoms with Crippen LogP contribution in [0.15, 0.2) is 27.9 Å². The zero-order chi connectivity index (χ0) is 16.5. The highest BCUT2D eigenvalue weighted by Gasteiger charge is 2.19. The normalized spacial score (nSPS) is 12.5. The lowest BCUT2D eigenvalue weighted by atomic mass is 9.92. The first-order chi connectivity index (χ1) is 10.1. The molecule has 3 N–H and O–H groups in total. The summed E-state index contributed by atoms with van der Waals surface area (Å²) < 4.78 is 24.8. The molecule has 0 bridgehead atoms. The maximum atomic E-state index is 12.1. The molecule has 0 aliphatic rings. The molecule has 22 heavy (non-hydrogen) atoms. The molecule has 0 aliphatic heterocycles. The Balaban J connectivity index is 2.15. The largest absolute Gasteiger partial charge is 0.312 e. The smallest absolute Gasteiger partial charge is 0.305 e. The molecule has 1 amide bonds. The average molecular weight is 343 g/mol. The number of hydrogen-bond acceptors (Lipinski definition) is 5. The molecule has 0 atom stereocenters. The van der Waals surface area contributed by atoms with Crippen LogP contribution in [0.25, 0.3) is 10.2 Å². The van der Waals surface area contributed by atoms with E-state index < -0.39 is 15.9 Å². The molecule has 1 heterocycles. The molecule has 1 aromatic heterocycles. The van der Waals surface area contributed by atoms with E-state index in [2.05, 4.69) is 15.2 Å². The Morgan fingerprint density at radius 1 is 1.32 bits per heavy atom. The first kappa shape index (κ1) is 16.7. The molecule has 2 aromatic rings. The number of amides is 1. The molecule has 0 unspecified atom stereocenters. The van der Waals surface area contributed by atoms with Gasteiger partial charge >= 0.3 is 4.87 Å². The third kappa shape index (κ3) is 4.15. The van der Waals surface area contributed by atoms with Gasteiger partial charge in [-0.05, 0) is 23.6 Å². The highest BCUT2D eigenvalue weighted by molar-refractivity contribution is 7.89. The van der Waals surface area contributed by atoms with Gasteiger partial charge < -0.3 is 4.98 Å². The lowest BCUT2D eigenvalue weighted by Crippen LogP contribution is -2.42. The predicted molar refractivity (Wildman–Crippen MR) is 85.0 cm³/mol. The molecule has 2 rings (SSSR count). The molecular weight excluding hydrogens is 326 g/mol. The van der Waals surface area contributed by atoms with Gasteiger partial charge in [0.1, 0.15) is 0 Å². The number of H-pyrrole nitrogens is 1. The number of carbonyl (C=O) groups excluding carboxylic acids is 1. The topological polar surface area (TPSA) is 108 Å². The zero-order valence-corrected chi connectivity index (χ0v) is 14.0. The average Bonchev–Trinajstić information content (AvgIpc) is 2.73. The monoisotopic (exact) mass is 343 g/mol. The summed E-state index contributed by atoms with van der Waals surface area (Å²) in [4.78, 5) is 27.3. The summed E-state index contributed by atoms with van der Waals surface area (Å²) in [6.45, 7) is 5.63. The summed E-state index contributed by atoms with van der Waals surface area (Å²) in [5, 5.41) is 0.